The molecule has 0 amide bonds. The second-order valence-corrected chi connectivity index (χ2v) is 7.58. The Morgan fingerprint density at radius 3 is 2.12 bits per heavy atom. The van der Waals surface area contributed by atoms with Crippen LogP contribution in [0.1, 0.15) is 12.1 Å². The zero-order valence-electron chi connectivity index (χ0n) is 13.5. The van der Waals surface area contributed by atoms with E-state index in [1.54, 1.807) is 24.3 Å². The van der Waals surface area contributed by atoms with Crippen molar-refractivity contribution in [3.05, 3.63) is 54.5 Å². The molecule has 5 nitrogen and oxygen atoms in total. The van der Waals surface area contributed by atoms with Gasteiger partial charge in [0.2, 0.25) is 0 Å². The van der Waals surface area contributed by atoms with Gasteiger partial charge in [-0.25, -0.2) is 17.2 Å². The predicted molar refractivity (Wildman–Crippen MR) is 89.9 cm³/mol. The standard InChI is InChI=1S/C17H15F2N3O2S/c1-22-16(17(18)19)14(11-7-9-20-10-8-11)15(21-22)12-3-5-13(6-4-12)25(2,23)24/h3-10,17H,1-2H3. The molecule has 2 aromatic heterocycles. The van der Waals surface area contributed by atoms with Crippen LogP contribution in [0, 0.1) is 0 Å². The second kappa shape index (κ2) is 6.36. The molecule has 130 valence electrons. The highest BCUT2D eigenvalue weighted by Gasteiger charge is 2.25. The molecule has 8 heteroatoms. The maximum absolute atomic E-state index is 13.6. The number of hydrogen-bond donors (Lipinski definition) is 0. The summed E-state index contributed by atoms with van der Waals surface area (Å²) < 4.78 is 51.5. The summed E-state index contributed by atoms with van der Waals surface area (Å²) in [6, 6.07) is 9.29. The van der Waals surface area contributed by atoms with Gasteiger partial charge in [0.15, 0.2) is 9.84 Å². The number of benzene rings is 1. The maximum atomic E-state index is 13.6. The van der Waals surface area contributed by atoms with Crippen LogP contribution in [0.4, 0.5) is 8.78 Å². The molecule has 0 bridgehead atoms. The SMILES string of the molecule is Cn1nc(-c2ccc(S(C)(=O)=O)cc2)c(-c2ccncc2)c1C(F)F. The highest BCUT2D eigenvalue weighted by molar-refractivity contribution is 7.90. The summed E-state index contributed by atoms with van der Waals surface area (Å²) in [5.41, 5.74) is 1.60. The van der Waals surface area contributed by atoms with Crippen molar-refractivity contribution in [1.29, 1.82) is 0 Å². The minimum Gasteiger partial charge on any atom is -0.266 e. The molecule has 1 aromatic carbocycles. The molecule has 0 N–H and O–H groups in total. The van der Waals surface area contributed by atoms with Crippen LogP contribution < -0.4 is 0 Å². The van der Waals surface area contributed by atoms with Crippen LogP contribution in [0.3, 0.4) is 0 Å². The summed E-state index contributed by atoms with van der Waals surface area (Å²) in [5, 5.41) is 4.24. The molecule has 0 fully saturated rings. The van der Waals surface area contributed by atoms with E-state index in [1.165, 1.54) is 31.6 Å². The van der Waals surface area contributed by atoms with E-state index >= 15 is 0 Å². The largest absolute Gasteiger partial charge is 0.280 e. The molecule has 0 radical (unpaired) electrons. The molecule has 0 unspecified atom stereocenters. The first kappa shape index (κ1) is 17.2. The first-order valence-electron chi connectivity index (χ1n) is 7.35. The summed E-state index contributed by atoms with van der Waals surface area (Å²) in [4.78, 5) is 4.07. The number of rotatable bonds is 4. The number of aryl methyl sites for hydroxylation is 1. The quantitative estimate of drug-likeness (QED) is 0.712. The van der Waals surface area contributed by atoms with E-state index < -0.39 is 16.3 Å². The third-order valence-electron chi connectivity index (χ3n) is 3.82. The van der Waals surface area contributed by atoms with Crippen LogP contribution in [0.25, 0.3) is 22.4 Å². The zero-order valence-corrected chi connectivity index (χ0v) is 14.3. The van der Waals surface area contributed by atoms with Crippen LogP contribution >= 0.6 is 0 Å². The van der Waals surface area contributed by atoms with Crippen LogP contribution in [-0.4, -0.2) is 29.4 Å². The van der Waals surface area contributed by atoms with Gasteiger partial charge in [-0.1, -0.05) is 12.1 Å². The summed E-state index contributed by atoms with van der Waals surface area (Å²) in [6.45, 7) is 0. The minimum absolute atomic E-state index is 0.159. The third-order valence-corrected chi connectivity index (χ3v) is 4.95. The van der Waals surface area contributed by atoms with E-state index in [0.29, 0.717) is 22.4 Å². The molecule has 0 spiro atoms. The van der Waals surface area contributed by atoms with Gasteiger partial charge in [0, 0.05) is 36.8 Å². The van der Waals surface area contributed by atoms with Crippen molar-refractivity contribution in [3.63, 3.8) is 0 Å². The monoisotopic (exact) mass is 363 g/mol. The first-order chi connectivity index (χ1) is 11.8. The number of nitrogens with zero attached hydrogens (tertiary/aromatic N) is 3. The highest BCUT2D eigenvalue weighted by Crippen LogP contribution is 2.38. The molecule has 0 saturated carbocycles. The average Bonchev–Trinajstić information content (AvgIpc) is 2.92. The number of halogens is 2. The van der Waals surface area contributed by atoms with Crippen molar-refractivity contribution in [3.8, 4) is 22.4 Å². The molecule has 3 aromatic rings. The fourth-order valence-corrected chi connectivity index (χ4v) is 3.28. The first-order valence-corrected chi connectivity index (χ1v) is 9.24. The van der Waals surface area contributed by atoms with E-state index in [0.717, 1.165) is 10.9 Å². The van der Waals surface area contributed by atoms with E-state index in [4.69, 9.17) is 0 Å². The normalized spacial score (nSPS) is 11.9. The third kappa shape index (κ3) is 3.30. The Balaban J connectivity index is 2.22. The van der Waals surface area contributed by atoms with Crippen LogP contribution in [-0.2, 0) is 16.9 Å². The Kier molecular flexibility index (Phi) is 4.38. The van der Waals surface area contributed by atoms with Gasteiger partial charge in [-0.2, -0.15) is 5.10 Å². The summed E-state index contributed by atoms with van der Waals surface area (Å²) >= 11 is 0. The zero-order chi connectivity index (χ0) is 18.2. The lowest BCUT2D eigenvalue weighted by Crippen LogP contribution is -1.99. The molecule has 25 heavy (non-hydrogen) atoms. The smallest absolute Gasteiger partial charge is 0.266 e. The molecule has 0 aliphatic rings. The Morgan fingerprint density at radius 1 is 1.00 bits per heavy atom. The molecule has 0 aliphatic heterocycles. The molecule has 0 aliphatic carbocycles. The number of alkyl halides is 2. The Hall–Kier alpha value is -2.61. The molecule has 0 saturated heterocycles. The number of hydrogen-bond acceptors (Lipinski definition) is 4. The Labute approximate surface area is 143 Å². The van der Waals surface area contributed by atoms with E-state index in [-0.39, 0.29) is 10.6 Å². The lowest BCUT2D eigenvalue weighted by atomic mass is 10.00. The number of sulfone groups is 1. The van der Waals surface area contributed by atoms with Crippen molar-refractivity contribution in [2.24, 2.45) is 7.05 Å². The topological polar surface area (TPSA) is 64.8 Å². The number of pyridine rings is 1. The van der Waals surface area contributed by atoms with Gasteiger partial charge < -0.3 is 0 Å². The van der Waals surface area contributed by atoms with Crippen LogP contribution in [0.15, 0.2) is 53.7 Å². The minimum atomic E-state index is -3.33. The summed E-state index contributed by atoms with van der Waals surface area (Å²) in [6.07, 6.45) is 1.45. The van der Waals surface area contributed by atoms with Gasteiger partial charge in [-0.05, 0) is 29.8 Å². The van der Waals surface area contributed by atoms with Crippen molar-refractivity contribution >= 4 is 9.84 Å². The second-order valence-electron chi connectivity index (χ2n) is 5.57. The van der Waals surface area contributed by atoms with Crippen molar-refractivity contribution < 1.29 is 17.2 Å². The van der Waals surface area contributed by atoms with Gasteiger partial charge in [0.05, 0.1) is 4.90 Å². The maximum Gasteiger partial charge on any atom is 0.280 e. The van der Waals surface area contributed by atoms with Crippen molar-refractivity contribution in [2.75, 3.05) is 6.26 Å². The van der Waals surface area contributed by atoms with Gasteiger partial charge in [-0.3, -0.25) is 9.67 Å². The van der Waals surface area contributed by atoms with E-state index in [1.807, 2.05) is 0 Å². The van der Waals surface area contributed by atoms with E-state index in [2.05, 4.69) is 10.1 Å². The predicted octanol–water partition coefficient (Wildman–Crippen LogP) is 3.49. The number of aromatic nitrogens is 3. The van der Waals surface area contributed by atoms with Crippen LogP contribution in [0.2, 0.25) is 0 Å². The Morgan fingerprint density at radius 2 is 1.60 bits per heavy atom. The van der Waals surface area contributed by atoms with Gasteiger partial charge in [0.25, 0.3) is 6.43 Å². The van der Waals surface area contributed by atoms with Gasteiger partial charge >= 0.3 is 0 Å². The summed E-state index contributed by atoms with van der Waals surface area (Å²) in [5.74, 6) is 0. The average molecular weight is 363 g/mol. The molecular weight excluding hydrogens is 348 g/mol. The van der Waals surface area contributed by atoms with Crippen LogP contribution in [0.5, 0.6) is 0 Å². The van der Waals surface area contributed by atoms with Gasteiger partial charge in [0.1, 0.15) is 11.4 Å². The lowest BCUT2D eigenvalue weighted by molar-refractivity contribution is 0.141. The fourth-order valence-electron chi connectivity index (χ4n) is 2.65. The molecular formula is C17H15F2N3O2S. The van der Waals surface area contributed by atoms with Crippen molar-refractivity contribution in [1.82, 2.24) is 14.8 Å². The fraction of sp³-hybridized carbons (Fsp3) is 0.176. The molecule has 2 heterocycles. The lowest BCUT2D eigenvalue weighted by Gasteiger charge is -2.07. The highest BCUT2D eigenvalue weighted by atomic mass is 32.2. The van der Waals surface area contributed by atoms with Gasteiger partial charge in [-0.15, -0.1) is 0 Å². The molecule has 0 atom stereocenters. The molecule has 3 rings (SSSR count). The Bertz CT molecular complexity index is 998. The summed E-state index contributed by atoms with van der Waals surface area (Å²) in [7, 11) is -1.88. The van der Waals surface area contributed by atoms with E-state index in [9.17, 15) is 17.2 Å². The van der Waals surface area contributed by atoms with Crippen molar-refractivity contribution in [2.45, 2.75) is 11.3 Å².